The van der Waals surface area contributed by atoms with E-state index in [4.69, 9.17) is 21.4 Å². The quantitative estimate of drug-likeness (QED) is 0.584. The van der Waals surface area contributed by atoms with Gasteiger partial charge in [-0.2, -0.15) is 5.10 Å². The lowest BCUT2D eigenvalue weighted by Crippen LogP contribution is -2.44. The molecule has 8 nitrogen and oxygen atoms in total. The summed E-state index contributed by atoms with van der Waals surface area (Å²) < 4.78 is 21.6. The number of fused-ring (bicyclic) bond motifs is 2. The fourth-order valence-corrected chi connectivity index (χ4v) is 5.10. The number of halogens is 2. The summed E-state index contributed by atoms with van der Waals surface area (Å²) in [5.74, 6) is -1.76. The van der Waals surface area contributed by atoms with E-state index in [1.54, 1.807) is 11.6 Å². The number of aromatic nitrogens is 3. The van der Waals surface area contributed by atoms with Gasteiger partial charge in [0.15, 0.2) is 11.0 Å². The van der Waals surface area contributed by atoms with E-state index in [0.717, 1.165) is 17.7 Å². The Morgan fingerprint density at radius 2 is 2.07 bits per heavy atom. The second-order valence-corrected chi connectivity index (χ2v) is 8.66. The number of carbonyl (C=O) groups is 2. The number of hydrogen-bond donors (Lipinski definition) is 1. The molecule has 0 spiro atoms. The van der Waals surface area contributed by atoms with Gasteiger partial charge in [0.2, 0.25) is 0 Å². The molecule has 3 aliphatic rings. The molecule has 2 aromatic heterocycles. The fourth-order valence-electron chi connectivity index (χ4n) is 4.92. The molecule has 2 aromatic rings. The summed E-state index contributed by atoms with van der Waals surface area (Å²) in [6.45, 7) is 5.93. The van der Waals surface area contributed by atoms with E-state index in [0.29, 0.717) is 27.9 Å². The fraction of sp³-hybridized carbons (Fsp3) is 0.500. The van der Waals surface area contributed by atoms with Gasteiger partial charge in [0.1, 0.15) is 11.6 Å². The standard InChI is InChI=1S/C20H20ClFN4O4/c1-7(2)14-12-15(24-26(8-4-5-8)16(12)13(22)18(21)23-14)10-9-6-25(20(28)29)17(11(9)10)19(27)30-3/h8-11,17H,1,4-6H2,2-3H3,(H,28,29)/t9-,10-,11-,17+/m1/s1. The zero-order valence-corrected chi connectivity index (χ0v) is 17.2. The Bertz CT molecular complexity index is 1130. The average Bonchev–Trinajstić information content (AvgIpc) is 3.59. The maximum absolute atomic E-state index is 15.1. The molecule has 0 unspecified atom stereocenters. The molecule has 30 heavy (non-hydrogen) atoms. The molecule has 5 rings (SSSR count). The number of pyridine rings is 1. The number of likely N-dealkylation sites (tertiary alicyclic amines) is 1. The van der Waals surface area contributed by atoms with Gasteiger partial charge in [-0.1, -0.05) is 18.2 Å². The Morgan fingerprint density at radius 3 is 2.63 bits per heavy atom. The first kappa shape index (κ1) is 19.3. The molecule has 0 bridgehead atoms. The first-order valence-corrected chi connectivity index (χ1v) is 10.1. The predicted octanol–water partition coefficient (Wildman–Crippen LogP) is 3.46. The van der Waals surface area contributed by atoms with Gasteiger partial charge in [-0.15, -0.1) is 0 Å². The molecule has 1 amide bonds. The van der Waals surface area contributed by atoms with Crippen molar-refractivity contribution in [3.05, 3.63) is 28.9 Å². The van der Waals surface area contributed by atoms with Crippen LogP contribution in [0.15, 0.2) is 6.58 Å². The van der Waals surface area contributed by atoms with Gasteiger partial charge in [-0.05, 0) is 31.3 Å². The maximum atomic E-state index is 15.1. The van der Waals surface area contributed by atoms with Gasteiger partial charge in [0.25, 0.3) is 0 Å². The lowest BCUT2D eigenvalue weighted by molar-refractivity contribution is -0.146. The normalized spacial score (nSPS) is 27.3. The number of methoxy groups -OCH3 is 1. The lowest BCUT2D eigenvalue weighted by atomic mass is 10.0. The van der Waals surface area contributed by atoms with Gasteiger partial charge in [0.05, 0.1) is 29.9 Å². The van der Waals surface area contributed by atoms with Crippen LogP contribution < -0.4 is 0 Å². The van der Waals surface area contributed by atoms with Crippen LogP contribution in [0.25, 0.3) is 16.5 Å². The third-order valence-corrected chi connectivity index (χ3v) is 6.66. The number of carbonyl (C=O) groups excluding carboxylic acids is 1. The summed E-state index contributed by atoms with van der Waals surface area (Å²) in [6.07, 6.45) is 0.632. The van der Waals surface area contributed by atoms with Gasteiger partial charge in [-0.3, -0.25) is 9.58 Å². The number of rotatable bonds is 4. The number of allylic oxidation sites excluding steroid dienone is 1. The Labute approximate surface area is 176 Å². The molecule has 10 heteroatoms. The minimum Gasteiger partial charge on any atom is -0.467 e. The van der Waals surface area contributed by atoms with Crippen LogP contribution in [0.5, 0.6) is 0 Å². The van der Waals surface area contributed by atoms with E-state index in [9.17, 15) is 14.7 Å². The van der Waals surface area contributed by atoms with E-state index in [1.807, 2.05) is 0 Å². The molecule has 4 atom stereocenters. The molecule has 2 saturated carbocycles. The van der Waals surface area contributed by atoms with Crippen molar-refractivity contribution in [1.29, 1.82) is 0 Å². The third-order valence-electron chi connectivity index (χ3n) is 6.41. The van der Waals surface area contributed by atoms with Crippen molar-refractivity contribution in [3.63, 3.8) is 0 Å². The molecule has 3 fully saturated rings. The largest absolute Gasteiger partial charge is 0.467 e. The summed E-state index contributed by atoms with van der Waals surface area (Å²) in [7, 11) is 1.24. The third kappa shape index (κ3) is 2.57. The lowest BCUT2D eigenvalue weighted by Gasteiger charge is -2.24. The van der Waals surface area contributed by atoms with Crippen molar-refractivity contribution >= 4 is 40.1 Å². The second-order valence-electron chi connectivity index (χ2n) is 8.30. The Balaban J connectivity index is 1.66. The number of carboxylic acid groups (broad SMARTS) is 1. The van der Waals surface area contributed by atoms with Gasteiger partial charge in [0, 0.05) is 18.4 Å². The zero-order chi connectivity index (χ0) is 21.5. The highest BCUT2D eigenvalue weighted by atomic mass is 35.5. The predicted molar refractivity (Wildman–Crippen MR) is 106 cm³/mol. The van der Waals surface area contributed by atoms with Crippen molar-refractivity contribution in [2.45, 2.75) is 37.8 Å². The van der Waals surface area contributed by atoms with E-state index >= 15 is 4.39 Å². The molecule has 1 saturated heterocycles. The van der Waals surface area contributed by atoms with Crippen LogP contribution >= 0.6 is 11.6 Å². The van der Waals surface area contributed by atoms with Crippen LogP contribution in [0.2, 0.25) is 5.15 Å². The number of piperidine rings is 1. The monoisotopic (exact) mass is 434 g/mol. The molecule has 158 valence electrons. The summed E-state index contributed by atoms with van der Waals surface area (Å²) in [5, 5.41) is 14.6. The molecule has 0 aromatic carbocycles. The highest BCUT2D eigenvalue weighted by Gasteiger charge is 2.67. The van der Waals surface area contributed by atoms with E-state index < -0.39 is 23.9 Å². The Hall–Kier alpha value is -2.68. The SMILES string of the molecule is C=C(C)c1nc(Cl)c(F)c2c1c([C@@H]1[C@H]3CN(C(=O)O)[C@H](C(=O)OC)[C@H]31)nn2C1CC1. The summed E-state index contributed by atoms with van der Waals surface area (Å²) in [4.78, 5) is 29.3. The van der Waals surface area contributed by atoms with Gasteiger partial charge < -0.3 is 9.84 Å². The van der Waals surface area contributed by atoms with Crippen LogP contribution in [-0.2, 0) is 9.53 Å². The molecular weight excluding hydrogens is 415 g/mol. The second kappa shape index (κ2) is 6.41. The van der Waals surface area contributed by atoms with Crippen LogP contribution in [0.3, 0.4) is 0 Å². The van der Waals surface area contributed by atoms with Crippen LogP contribution in [0.4, 0.5) is 9.18 Å². The smallest absolute Gasteiger partial charge is 0.408 e. The number of amides is 1. The minimum atomic E-state index is -1.16. The molecule has 2 aliphatic carbocycles. The van der Waals surface area contributed by atoms with Crippen molar-refractivity contribution in [2.75, 3.05) is 13.7 Å². The molecule has 1 N–H and O–H groups in total. The first-order valence-electron chi connectivity index (χ1n) is 9.76. The first-order chi connectivity index (χ1) is 14.3. The van der Waals surface area contributed by atoms with Crippen LogP contribution in [0.1, 0.15) is 43.1 Å². The topological polar surface area (TPSA) is 97.6 Å². The molecule has 0 radical (unpaired) electrons. The Morgan fingerprint density at radius 1 is 1.37 bits per heavy atom. The van der Waals surface area contributed by atoms with Crippen molar-refractivity contribution in [2.24, 2.45) is 11.8 Å². The molecule has 3 heterocycles. The van der Waals surface area contributed by atoms with E-state index in [-0.39, 0.29) is 35.5 Å². The van der Waals surface area contributed by atoms with Crippen LogP contribution in [-0.4, -0.2) is 56.5 Å². The highest BCUT2D eigenvalue weighted by Crippen LogP contribution is 2.62. The maximum Gasteiger partial charge on any atom is 0.408 e. The van der Waals surface area contributed by atoms with Crippen LogP contribution in [0, 0.1) is 17.7 Å². The van der Waals surface area contributed by atoms with Crippen molar-refractivity contribution < 1.29 is 23.8 Å². The zero-order valence-electron chi connectivity index (χ0n) is 16.4. The minimum absolute atomic E-state index is 0.0901. The van der Waals surface area contributed by atoms with Gasteiger partial charge >= 0.3 is 12.1 Å². The number of esters is 1. The summed E-state index contributed by atoms with van der Waals surface area (Å²) in [5.41, 5.74) is 2.04. The molecular formula is C20H20ClFN4O4. The van der Waals surface area contributed by atoms with E-state index in [2.05, 4.69) is 11.6 Å². The summed E-state index contributed by atoms with van der Waals surface area (Å²) in [6, 6.07) is -0.806. The van der Waals surface area contributed by atoms with Crippen molar-refractivity contribution in [1.82, 2.24) is 19.7 Å². The average molecular weight is 435 g/mol. The number of hydrogen-bond acceptors (Lipinski definition) is 5. The number of nitrogens with zero attached hydrogens (tertiary/aromatic N) is 4. The number of ether oxygens (including phenoxy) is 1. The Kier molecular flexibility index (Phi) is 4.12. The highest BCUT2D eigenvalue weighted by molar-refractivity contribution is 6.30. The van der Waals surface area contributed by atoms with Crippen molar-refractivity contribution in [3.8, 4) is 0 Å². The summed E-state index contributed by atoms with van der Waals surface area (Å²) >= 11 is 6.07. The van der Waals surface area contributed by atoms with E-state index in [1.165, 1.54) is 7.11 Å². The molecule has 1 aliphatic heterocycles. The van der Waals surface area contributed by atoms with Gasteiger partial charge in [-0.25, -0.2) is 19.0 Å².